The van der Waals surface area contributed by atoms with Crippen LogP contribution < -0.4 is 10.6 Å². The van der Waals surface area contributed by atoms with Crippen LogP contribution in [0.3, 0.4) is 0 Å². The maximum Gasteiger partial charge on any atom is 0.416 e. The third-order valence-corrected chi connectivity index (χ3v) is 6.85. The summed E-state index contributed by atoms with van der Waals surface area (Å²) in [6.45, 7) is 6.06. The molecule has 7 nitrogen and oxygen atoms in total. The number of nitrogens with one attached hydrogen (secondary N) is 2. The molecule has 0 spiro atoms. The van der Waals surface area contributed by atoms with Gasteiger partial charge in [0.05, 0.1) is 17.7 Å². The number of ether oxygens (including phenoxy) is 1. The number of rotatable bonds is 6. The average Bonchev–Trinajstić information content (AvgIpc) is 2.93. The molecule has 0 aromatic heterocycles. The van der Waals surface area contributed by atoms with Crippen molar-refractivity contribution in [3.63, 3.8) is 0 Å². The van der Waals surface area contributed by atoms with Crippen LogP contribution in [0.2, 0.25) is 0 Å². The largest absolute Gasteiger partial charge is 0.444 e. The molecule has 42 heavy (non-hydrogen) atoms. The van der Waals surface area contributed by atoms with Crippen LogP contribution in [0.15, 0.2) is 66.7 Å². The van der Waals surface area contributed by atoms with Gasteiger partial charge < -0.3 is 15.0 Å². The van der Waals surface area contributed by atoms with Crippen LogP contribution in [0.4, 0.5) is 28.4 Å². The Labute approximate surface area is 243 Å². The number of anilines is 1. The number of carbonyl (C=O) groups excluding carboxylic acids is 2. The standard InChI is InChI=1S/C32H33F3N4O3/c1-31(2,3)42-30(41)37-25-9-4-7-22(19-25)28(11-6-17-36)38-29(40)39-18-16-27-23(20-39)8-5-10-26(27)21-12-14-24(15-13-21)32(33,34)35/h4-5,7-10,12-15,19,28H,6,11,16,18,20H2,1-3H3,(H,37,41)(H,38,40)/t28-/m0/s1. The summed E-state index contributed by atoms with van der Waals surface area (Å²) in [6, 6.07) is 19.1. The maximum atomic E-state index is 13.4. The van der Waals surface area contributed by atoms with E-state index in [2.05, 4.69) is 16.7 Å². The minimum absolute atomic E-state index is 0.216. The molecule has 4 rings (SSSR count). The first kappa shape index (κ1) is 30.4. The highest BCUT2D eigenvalue weighted by atomic mass is 19.4. The van der Waals surface area contributed by atoms with E-state index in [0.717, 1.165) is 34.4 Å². The molecule has 220 valence electrons. The van der Waals surface area contributed by atoms with Gasteiger partial charge in [0.1, 0.15) is 5.60 Å². The number of alkyl halides is 3. The summed E-state index contributed by atoms with van der Waals surface area (Å²) in [6.07, 6.45) is -3.86. The summed E-state index contributed by atoms with van der Waals surface area (Å²) in [7, 11) is 0. The average molecular weight is 579 g/mol. The van der Waals surface area contributed by atoms with Crippen molar-refractivity contribution in [3.8, 4) is 17.2 Å². The van der Waals surface area contributed by atoms with Crippen molar-refractivity contribution in [1.82, 2.24) is 10.2 Å². The van der Waals surface area contributed by atoms with Gasteiger partial charge in [-0.25, -0.2) is 9.59 Å². The Morgan fingerprint density at radius 2 is 1.76 bits per heavy atom. The lowest BCUT2D eigenvalue weighted by molar-refractivity contribution is -0.137. The second-order valence-corrected chi connectivity index (χ2v) is 11.1. The highest BCUT2D eigenvalue weighted by molar-refractivity contribution is 5.85. The maximum absolute atomic E-state index is 13.4. The van der Waals surface area contributed by atoms with Crippen molar-refractivity contribution >= 4 is 17.8 Å². The molecule has 2 N–H and O–H groups in total. The van der Waals surface area contributed by atoms with Gasteiger partial charge in [-0.15, -0.1) is 0 Å². The smallest absolute Gasteiger partial charge is 0.416 e. The summed E-state index contributed by atoms with van der Waals surface area (Å²) in [4.78, 5) is 27.3. The molecule has 10 heteroatoms. The molecule has 1 atom stereocenters. The van der Waals surface area contributed by atoms with Gasteiger partial charge in [-0.2, -0.15) is 18.4 Å². The summed E-state index contributed by atoms with van der Waals surface area (Å²) in [5.41, 5.74) is 3.34. The van der Waals surface area contributed by atoms with Gasteiger partial charge in [-0.3, -0.25) is 5.32 Å². The fourth-order valence-electron chi connectivity index (χ4n) is 4.92. The van der Waals surface area contributed by atoms with Gasteiger partial charge >= 0.3 is 18.3 Å². The first-order chi connectivity index (χ1) is 19.8. The van der Waals surface area contributed by atoms with E-state index >= 15 is 0 Å². The summed E-state index contributed by atoms with van der Waals surface area (Å²) < 4.78 is 44.4. The van der Waals surface area contributed by atoms with Gasteiger partial charge in [0.2, 0.25) is 0 Å². The third-order valence-electron chi connectivity index (χ3n) is 6.85. The molecular formula is C32H33F3N4O3. The lowest BCUT2D eigenvalue weighted by Crippen LogP contribution is -2.44. The fourth-order valence-corrected chi connectivity index (χ4v) is 4.92. The summed E-state index contributed by atoms with van der Waals surface area (Å²) >= 11 is 0. The predicted molar refractivity (Wildman–Crippen MR) is 153 cm³/mol. The van der Waals surface area contributed by atoms with Crippen LogP contribution in [0.25, 0.3) is 11.1 Å². The minimum Gasteiger partial charge on any atom is -0.444 e. The molecule has 1 aliphatic heterocycles. The van der Waals surface area contributed by atoms with E-state index in [0.29, 0.717) is 37.2 Å². The highest BCUT2D eigenvalue weighted by Gasteiger charge is 2.30. The molecule has 0 bridgehead atoms. The molecule has 3 aromatic carbocycles. The molecule has 3 amide bonds. The van der Waals surface area contributed by atoms with Gasteiger partial charge in [-0.1, -0.05) is 42.5 Å². The molecule has 0 fully saturated rings. The zero-order valence-corrected chi connectivity index (χ0v) is 23.7. The van der Waals surface area contributed by atoms with Gasteiger partial charge in [-0.05, 0) is 85.7 Å². The van der Waals surface area contributed by atoms with Crippen molar-refractivity contribution in [2.45, 2.75) is 64.4 Å². The molecule has 0 radical (unpaired) electrons. The van der Waals surface area contributed by atoms with Gasteiger partial charge in [0.15, 0.2) is 0 Å². The molecule has 0 unspecified atom stereocenters. The number of carbonyl (C=O) groups is 2. The number of nitrogens with zero attached hydrogens (tertiary/aromatic N) is 2. The van der Waals surface area contributed by atoms with E-state index in [1.165, 1.54) is 12.1 Å². The van der Waals surface area contributed by atoms with Crippen LogP contribution in [0.1, 0.15) is 61.9 Å². The quantitative estimate of drug-likeness (QED) is 0.312. The summed E-state index contributed by atoms with van der Waals surface area (Å²) in [5.74, 6) is 0. The number of urea groups is 1. The Balaban J connectivity index is 1.48. The van der Waals surface area contributed by atoms with Crippen molar-refractivity contribution in [2.24, 2.45) is 0 Å². The van der Waals surface area contributed by atoms with Crippen molar-refractivity contribution in [1.29, 1.82) is 5.26 Å². The Morgan fingerprint density at radius 1 is 1.05 bits per heavy atom. The number of fused-ring (bicyclic) bond motifs is 1. The van der Waals surface area contributed by atoms with E-state index in [1.54, 1.807) is 43.9 Å². The number of hydrogen-bond donors (Lipinski definition) is 2. The Morgan fingerprint density at radius 3 is 2.43 bits per heavy atom. The first-order valence-electron chi connectivity index (χ1n) is 13.6. The number of nitriles is 1. The van der Waals surface area contributed by atoms with Crippen LogP contribution in [-0.4, -0.2) is 29.2 Å². The van der Waals surface area contributed by atoms with E-state index in [4.69, 9.17) is 4.74 Å². The molecule has 3 aromatic rings. The van der Waals surface area contributed by atoms with Crippen LogP contribution in [0, 0.1) is 11.3 Å². The summed E-state index contributed by atoms with van der Waals surface area (Å²) in [5, 5.41) is 14.9. The number of benzene rings is 3. The first-order valence-corrected chi connectivity index (χ1v) is 13.6. The Hall–Kier alpha value is -4.52. The van der Waals surface area contributed by atoms with Crippen LogP contribution in [-0.2, 0) is 23.9 Å². The molecule has 1 aliphatic rings. The highest BCUT2D eigenvalue weighted by Crippen LogP contribution is 2.34. The third kappa shape index (κ3) is 7.81. The van der Waals surface area contributed by atoms with E-state index < -0.39 is 29.5 Å². The molecule has 0 saturated heterocycles. The second kappa shape index (κ2) is 12.6. The number of amides is 3. The topological polar surface area (TPSA) is 94.5 Å². The zero-order chi connectivity index (χ0) is 30.5. The van der Waals surface area contributed by atoms with Gasteiger partial charge in [0, 0.05) is 25.2 Å². The van der Waals surface area contributed by atoms with E-state index in [9.17, 15) is 28.0 Å². The van der Waals surface area contributed by atoms with Crippen molar-refractivity contribution in [3.05, 3.63) is 89.0 Å². The van der Waals surface area contributed by atoms with Crippen LogP contribution >= 0.6 is 0 Å². The normalized spacial score (nSPS) is 13.9. The van der Waals surface area contributed by atoms with Gasteiger partial charge in [0.25, 0.3) is 0 Å². The monoisotopic (exact) mass is 578 g/mol. The minimum atomic E-state index is -4.40. The van der Waals surface area contributed by atoms with E-state index in [1.807, 2.05) is 24.3 Å². The molecule has 0 aliphatic carbocycles. The van der Waals surface area contributed by atoms with Crippen molar-refractivity contribution < 1.29 is 27.5 Å². The molecular weight excluding hydrogens is 545 g/mol. The lowest BCUT2D eigenvalue weighted by atomic mass is 9.90. The number of hydrogen-bond acceptors (Lipinski definition) is 4. The Kier molecular flexibility index (Phi) is 9.10. The fraction of sp³-hybridized carbons (Fsp3) is 0.344. The van der Waals surface area contributed by atoms with Crippen molar-refractivity contribution in [2.75, 3.05) is 11.9 Å². The SMILES string of the molecule is CC(C)(C)OC(=O)Nc1cccc([C@H](CCC#N)NC(=O)N2CCc3c(cccc3-c3ccc(C(F)(F)F)cc3)C2)c1. The zero-order valence-electron chi connectivity index (χ0n) is 23.7. The molecule has 1 heterocycles. The number of halogens is 3. The lowest BCUT2D eigenvalue weighted by Gasteiger charge is -2.32. The Bertz CT molecular complexity index is 1470. The van der Waals surface area contributed by atoms with Crippen LogP contribution in [0.5, 0.6) is 0 Å². The second-order valence-electron chi connectivity index (χ2n) is 11.1. The predicted octanol–water partition coefficient (Wildman–Crippen LogP) is 7.83. The molecule has 0 saturated carbocycles. The van der Waals surface area contributed by atoms with E-state index in [-0.39, 0.29) is 12.5 Å².